The first-order valence-electron chi connectivity index (χ1n) is 17.2. The summed E-state index contributed by atoms with van der Waals surface area (Å²) in [5.74, 6) is 2.24. The highest BCUT2D eigenvalue weighted by molar-refractivity contribution is 7.27. The molecule has 236 valence electrons. The average Bonchev–Trinajstić information content (AvgIpc) is 3.75. The smallest absolute Gasteiger partial charge is 0.235 e. The number of benzene rings is 8. The lowest BCUT2D eigenvalue weighted by molar-refractivity contribution is 0.488. The molecule has 0 unspecified atom stereocenters. The van der Waals surface area contributed by atoms with E-state index in [1.807, 2.05) is 23.5 Å². The van der Waals surface area contributed by atoms with Crippen LogP contribution in [0.2, 0.25) is 0 Å². The van der Waals surface area contributed by atoms with E-state index in [9.17, 15) is 0 Å². The Labute approximate surface area is 295 Å². The number of thiophene rings is 1. The quantitative estimate of drug-likeness (QED) is 0.184. The van der Waals surface area contributed by atoms with E-state index >= 15 is 0 Å². The predicted molar refractivity (Wildman–Crippen MR) is 213 cm³/mol. The maximum absolute atomic E-state index is 6.77. The van der Waals surface area contributed by atoms with Crippen molar-refractivity contribution in [1.29, 1.82) is 0 Å². The van der Waals surface area contributed by atoms with Gasteiger partial charge in [-0.2, -0.15) is 0 Å². The Balaban J connectivity index is 1.22. The van der Waals surface area contributed by atoms with E-state index in [0.717, 1.165) is 55.8 Å². The maximum atomic E-state index is 6.77. The number of aromatic nitrogens is 3. The zero-order chi connectivity index (χ0) is 33.2. The molecule has 0 saturated heterocycles. The molecule has 1 aliphatic rings. The molecule has 0 saturated carbocycles. The first-order chi connectivity index (χ1) is 25.3. The molecule has 3 aromatic heterocycles. The highest BCUT2D eigenvalue weighted by atomic mass is 32.1. The van der Waals surface area contributed by atoms with Gasteiger partial charge in [-0.15, -0.1) is 11.3 Å². The molecule has 11 aromatic rings. The summed E-state index contributed by atoms with van der Waals surface area (Å²) in [7, 11) is 0. The van der Waals surface area contributed by atoms with E-state index < -0.39 is 0 Å². The van der Waals surface area contributed by atoms with Crippen LogP contribution in [-0.2, 0) is 0 Å². The van der Waals surface area contributed by atoms with Crippen molar-refractivity contribution in [3.05, 3.63) is 152 Å². The lowest BCUT2D eigenvalue weighted by Gasteiger charge is -2.23. The number of rotatable bonds is 2. The van der Waals surface area contributed by atoms with Crippen LogP contribution in [0, 0.1) is 0 Å². The molecular formula is C46H25N3OS. The number of fused-ring (bicyclic) bond motifs is 13. The molecule has 0 N–H and O–H groups in total. The molecule has 0 bridgehead atoms. The van der Waals surface area contributed by atoms with Crippen LogP contribution in [0.15, 0.2) is 152 Å². The molecule has 4 nitrogen and oxygen atoms in total. The van der Waals surface area contributed by atoms with Crippen molar-refractivity contribution in [3.63, 3.8) is 0 Å². The monoisotopic (exact) mass is 667 g/mol. The number of nitrogens with zero attached hydrogens (tertiary/aromatic N) is 3. The standard InChI is InChI=1S/C46H25N3OS/c1-2-12-27-25-28(22-21-26(27)11-1)29-23-24-35-41-42(33-16-6-9-19-37(33)50-44(29)41)48-46(47-35)49-36-18-8-5-15-32(36)39-30-13-3-4-14-31(30)40-34-17-7-10-20-38(34)51-45(40)43(39)49/h1-25H. The van der Waals surface area contributed by atoms with Crippen molar-refractivity contribution in [2.24, 2.45) is 0 Å². The number of hydrogen-bond acceptors (Lipinski definition) is 4. The summed E-state index contributed by atoms with van der Waals surface area (Å²) in [5.41, 5.74) is 7.05. The Kier molecular flexibility index (Phi) is 5.35. The van der Waals surface area contributed by atoms with Crippen LogP contribution in [0.1, 0.15) is 0 Å². The second-order valence-electron chi connectivity index (χ2n) is 13.3. The van der Waals surface area contributed by atoms with Gasteiger partial charge >= 0.3 is 0 Å². The van der Waals surface area contributed by atoms with Crippen LogP contribution in [-0.4, -0.2) is 14.5 Å². The van der Waals surface area contributed by atoms with Gasteiger partial charge in [-0.05, 0) is 69.6 Å². The minimum Gasteiger partial charge on any atom is -0.455 e. The molecular weight excluding hydrogens is 643 g/mol. The van der Waals surface area contributed by atoms with E-state index in [0.29, 0.717) is 5.95 Å². The van der Waals surface area contributed by atoms with Gasteiger partial charge in [0.1, 0.15) is 11.5 Å². The largest absolute Gasteiger partial charge is 0.455 e. The van der Waals surface area contributed by atoms with Crippen LogP contribution in [0.3, 0.4) is 0 Å². The predicted octanol–water partition coefficient (Wildman–Crippen LogP) is 12.8. The SMILES string of the molecule is c1ccc2c(c1)Oc1c(-c3ccc4ccccc4c3)ccc3nc(-n4c5ccccc5c5c6ccccc6c6c7ccccc7sc6c54)nc-2c13. The van der Waals surface area contributed by atoms with Crippen molar-refractivity contribution in [1.82, 2.24) is 14.5 Å². The Morgan fingerprint density at radius 3 is 2.16 bits per heavy atom. The van der Waals surface area contributed by atoms with Gasteiger partial charge in [0.15, 0.2) is 0 Å². The summed E-state index contributed by atoms with van der Waals surface area (Å²) in [5, 5.41) is 10.8. The Hall–Kier alpha value is -6.56. The van der Waals surface area contributed by atoms with Gasteiger partial charge in [0.25, 0.3) is 0 Å². The topological polar surface area (TPSA) is 39.9 Å². The van der Waals surface area contributed by atoms with Gasteiger partial charge in [0.2, 0.25) is 5.95 Å². The van der Waals surface area contributed by atoms with E-state index in [-0.39, 0.29) is 0 Å². The summed E-state index contributed by atoms with van der Waals surface area (Å²) >= 11 is 1.85. The van der Waals surface area contributed by atoms with Crippen LogP contribution in [0.4, 0.5) is 0 Å². The Bertz CT molecular complexity index is 3300. The third-order valence-electron chi connectivity index (χ3n) is 10.6. The van der Waals surface area contributed by atoms with E-state index in [4.69, 9.17) is 14.7 Å². The van der Waals surface area contributed by atoms with E-state index in [1.54, 1.807) is 0 Å². The fourth-order valence-electron chi connectivity index (χ4n) is 8.36. The van der Waals surface area contributed by atoms with Gasteiger partial charge in [0.05, 0.1) is 32.3 Å². The Morgan fingerprint density at radius 1 is 0.529 bits per heavy atom. The van der Waals surface area contributed by atoms with Crippen LogP contribution >= 0.6 is 11.3 Å². The van der Waals surface area contributed by atoms with E-state index in [1.165, 1.54) is 52.5 Å². The molecule has 5 heteroatoms. The molecule has 0 spiro atoms. The van der Waals surface area contributed by atoms with E-state index in [2.05, 4.69) is 144 Å². The molecule has 12 rings (SSSR count). The van der Waals surface area contributed by atoms with Gasteiger partial charge in [-0.3, -0.25) is 4.57 Å². The molecule has 0 amide bonds. The van der Waals surface area contributed by atoms with Crippen molar-refractivity contribution in [2.45, 2.75) is 0 Å². The highest BCUT2D eigenvalue weighted by Crippen LogP contribution is 2.51. The first-order valence-corrected chi connectivity index (χ1v) is 18.0. The van der Waals surface area contributed by atoms with Crippen LogP contribution in [0.5, 0.6) is 11.5 Å². The molecule has 51 heavy (non-hydrogen) atoms. The zero-order valence-electron chi connectivity index (χ0n) is 27.1. The number of hydrogen-bond donors (Lipinski definition) is 0. The molecule has 4 heterocycles. The van der Waals surface area contributed by atoms with Gasteiger partial charge in [-0.25, -0.2) is 9.97 Å². The molecule has 0 aliphatic carbocycles. The second kappa shape index (κ2) is 10.0. The molecule has 0 fully saturated rings. The van der Waals surface area contributed by atoms with Gasteiger partial charge in [0, 0.05) is 37.4 Å². The van der Waals surface area contributed by atoms with Crippen molar-refractivity contribution >= 4 is 85.8 Å². The zero-order valence-corrected chi connectivity index (χ0v) is 27.9. The first kappa shape index (κ1) is 27.3. The lowest BCUT2D eigenvalue weighted by Crippen LogP contribution is -2.07. The average molecular weight is 668 g/mol. The number of ether oxygens (including phenoxy) is 1. The summed E-state index contributed by atoms with van der Waals surface area (Å²) < 4.78 is 11.6. The minimum absolute atomic E-state index is 0.652. The maximum Gasteiger partial charge on any atom is 0.235 e. The normalized spacial score (nSPS) is 12.5. The summed E-state index contributed by atoms with van der Waals surface area (Å²) in [6.45, 7) is 0. The minimum atomic E-state index is 0.652. The fraction of sp³-hybridized carbons (Fsp3) is 0. The molecule has 0 atom stereocenters. The summed E-state index contributed by atoms with van der Waals surface area (Å²) in [4.78, 5) is 10.9. The third kappa shape index (κ3) is 3.68. The fourth-order valence-corrected chi connectivity index (χ4v) is 9.62. The highest BCUT2D eigenvalue weighted by Gasteiger charge is 2.28. The molecule has 0 radical (unpaired) electrons. The van der Waals surface area contributed by atoms with Crippen molar-refractivity contribution < 1.29 is 4.74 Å². The molecule has 1 aliphatic heterocycles. The summed E-state index contributed by atoms with van der Waals surface area (Å²) in [6.07, 6.45) is 0. The lowest BCUT2D eigenvalue weighted by atomic mass is 9.95. The number of para-hydroxylation sites is 2. The van der Waals surface area contributed by atoms with Crippen molar-refractivity contribution in [2.75, 3.05) is 0 Å². The Morgan fingerprint density at radius 2 is 1.25 bits per heavy atom. The summed E-state index contributed by atoms with van der Waals surface area (Å²) in [6, 6.07) is 53.9. The second-order valence-corrected chi connectivity index (χ2v) is 14.3. The van der Waals surface area contributed by atoms with Crippen LogP contribution < -0.4 is 4.74 Å². The molecule has 8 aromatic carbocycles. The third-order valence-corrected chi connectivity index (χ3v) is 11.7. The van der Waals surface area contributed by atoms with Gasteiger partial charge < -0.3 is 4.74 Å². The van der Waals surface area contributed by atoms with Crippen LogP contribution in [0.25, 0.3) is 103 Å². The van der Waals surface area contributed by atoms with Crippen molar-refractivity contribution in [3.8, 4) is 39.8 Å². The van der Waals surface area contributed by atoms with Gasteiger partial charge in [-0.1, -0.05) is 109 Å².